The van der Waals surface area contributed by atoms with Crippen LogP contribution in [-0.4, -0.2) is 208 Å². The normalized spacial score (nSPS) is 56.1. The number of fused-ring (bicyclic) bond motifs is 7. The van der Waals surface area contributed by atoms with Crippen molar-refractivity contribution in [1.29, 1.82) is 0 Å². The van der Waals surface area contributed by atoms with E-state index in [1.165, 1.54) is 0 Å². The number of aliphatic hydroxyl groups is 14. The van der Waals surface area contributed by atoms with E-state index in [0.717, 1.165) is 25.7 Å². The van der Waals surface area contributed by atoms with Gasteiger partial charge in [-0.2, -0.15) is 0 Å². The van der Waals surface area contributed by atoms with Gasteiger partial charge in [0.1, 0.15) is 61.0 Å². The number of ether oxygens (including phenoxy) is 5. The number of aliphatic hydroxyl groups excluding tert-OH is 13. The minimum Gasteiger partial charge on any atom is -0.396 e. The van der Waals surface area contributed by atoms with Crippen molar-refractivity contribution in [2.24, 2.45) is 64.1 Å². The second-order valence-corrected chi connectivity index (χ2v) is 23.1. The minimum atomic E-state index is -1.82. The number of hydrogen-bond acceptors (Lipinski definition) is 19. The highest BCUT2D eigenvalue weighted by molar-refractivity contribution is 5.17. The van der Waals surface area contributed by atoms with Crippen LogP contribution in [0.4, 0.5) is 0 Å². The number of hydrogen-bond donors (Lipinski definition) is 14. The predicted octanol–water partition coefficient (Wildman–Crippen LogP) is -2.12. The standard InChI is InChI=1S/C48H82O19/c1-20(19-63-30-11-23(16-49)35(54)39(58)36(30)55)9-10-48(62)14-22-5-8-26-25-7-6-24-12-29(28(52)15-46(24,3)27(25)13-33(53)47(26,4)34(22)21(48)2)64-45-43(41(60)38(57)32(18-51)66-45)67-44-42(61)40(59)37(56)31(17-50)65-44/h20-45,49-62H,5-19H2,1-4H3/t20-,21-,22-,23+,24+,25-,26+,27-,28-,29-,30+,31+,32+,33+,34-,35+,36-,37+,38-,39-,40-,41-,42+,43+,44-,45+,46-,47+,48+/m0/s1. The summed E-state index contributed by atoms with van der Waals surface area (Å²) in [6.45, 7) is 7.20. The first-order valence-corrected chi connectivity index (χ1v) is 25.2. The topological polar surface area (TPSA) is 329 Å². The van der Waals surface area contributed by atoms with Gasteiger partial charge in [-0.15, -0.1) is 0 Å². The molecule has 29 atom stereocenters. The second-order valence-electron chi connectivity index (χ2n) is 23.1. The van der Waals surface area contributed by atoms with Crippen molar-refractivity contribution in [2.75, 3.05) is 26.4 Å². The Morgan fingerprint density at radius 1 is 0.642 bits per heavy atom. The van der Waals surface area contributed by atoms with Gasteiger partial charge in [-0.25, -0.2) is 0 Å². The van der Waals surface area contributed by atoms with E-state index >= 15 is 0 Å². The molecule has 0 bridgehead atoms. The van der Waals surface area contributed by atoms with Crippen molar-refractivity contribution in [3.63, 3.8) is 0 Å². The van der Waals surface area contributed by atoms with E-state index < -0.39 is 134 Å². The van der Waals surface area contributed by atoms with E-state index in [1.54, 1.807) is 0 Å². The molecule has 8 rings (SSSR count). The van der Waals surface area contributed by atoms with Crippen molar-refractivity contribution in [1.82, 2.24) is 0 Å². The third-order valence-electron chi connectivity index (χ3n) is 19.6. The van der Waals surface area contributed by atoms with Crippen LogP contribution in [0.5, 0.6) is 0 Å². The third-order valence-corrected chi connectivity index (χ3v) is 19.6. The van der Waals surface area contributed by atoms with E-state index in [2.05, 4.69) is 20.8 Å². The molecular formula is C48H82O19. The van der Waals surface area contributed by atoms with Crippen LogP contribution in [0.2, 0.25) is 0 Å². The molecule has 2 saturated heterocycles. The van der Waals surface area contributed by atoms with E-state index in [-0.39, 0.29) is 66.5 Å². The van der Waals surface area contributed by atoms with E-state index in [4.69, 9.17) is 23.7 Å². The molecule has 8 aliphatic rings. The summed E-state index contributed by atoms with van der Waals surface area (Å²) in [5, 5.41) is 151. The van der Waals surface area contributed by atoms with Crippen molar-refractivity contribution in [3.05, 3.63) is 0 Å². The van der Waals surface area contributed by atoms with E-state index in [1.807, 2.05) is 6.92 Å². The summed E-state index contributed by atoms with van der Waals surface area (Å²) in [6, 6.07) is 0. The Labute approximate surface area is 393 Å². The van der Waals surface area contributed by atoms with E-state index in [9.17, 15) is 71.5 Å². The Bertz CT molecular complexity index is 1640. The summed E-state index contributed by atoms with van der Waals surface area (Å²) in [6.07, 6.45) is -16.0. The molecule has 2 aliphatic heterocycles. The molecule has 388 valence electrons. The zero-order chi connectivity index (χ0) is 48.7. The first-order chi connectivity index (χ1) is 31.6. The Morgan fingerprint density at radius 3 is 1.97 bits per heavy atom. The molecule has 6 saturated carbocycles. The lowest BCUT2D eigenvalue weighted by Gasteiger charge is -2.66. The van der Waals surface area contributed by atoms with Crippen molar-refractivity contribution < 1.29 is 95.2 Å². The lowest BCUT2D eigenvalue weighted by Crippen LogP contribution is -2.66. The quantitative estimate of drug-likeness (QED) is 0.0878. The van der Waals surface area contributed by atoms with Crippen molar-refractivity contribution >= 4 is 0 Å². The average Bonchev–Trinajstić information content (AvgIpc) is 3.57. The summed E-state index contributed by atoms with van der Waals surface area (Å²) in [5.74, 6) is 0.385. The van der Waals surface area contributed by atoms with Crippen LogP contribution in [-0.2, 0) is 23.7 Å². The molecule has 19 heteroatoms. The van der Waals surface area contributed by atoms with Gasteiger partial charge in [-0.3, -0.25) is 0 Å². The van der Waals surface area contributed by atoms with Crippen molar-refractivity contribution in [3.8, 4) is 0 Å². The van der Waals surface area contributed by atoms with Gasteiger partial charge in [0.05, 0.1) is 49.3 Å². The summed E-state index contributed by atoms with van der Waals surface area (Å²) < 4.78 is 29.8. The van der Waals surface area contributed by atoms with Gasteiger partial charge in [-0.05, 0) is 123 Å². The molecule has 0 unspecified atom stereocenters. The maximum Gasteiger partial charge on any atom is 0.187 e. The Balaban J connectivity index is 0.913. The van der Waals surface area contributed by atoms with Crippen LogP contribution in [0.3, 0.4) is 0 Å². The van der Waals surface area contributed by atoms with E-state index in [0.29, 0.717) is 44.4 Å². The highest BCUT2D eigenvalue weighted by Crippen LogP contribution is 2.71. The Kier molecular flexibility index (Phi) is 15.9. The SMILES string of the molecule is C[C@@H](CC[C@@]1(O)C[C@@H]2CC[C@@H]3[C@@H]4CC[C@@H]5C[C@H](O[C@@H]6O[C@H](CO)[C@H](O)[C@H](O)[C@H]6O[C@@H]6O[C@H](CO)[C@@H](O)[C@H](O)[C@H]6O)[C@@H](O)C[C@]5(C)[C@H]4C[C@@H](O)[C@]3(C)[C@H]2[C@@H]1C)CO[C@@H]1C[C@H](CO)[C@@H](O)[C@H](O)[C@H]1O. The fraction of sp³-hybridized carbons (Fsp3) is 1.00. The second kappa shape index (κ2) is 20.3. The molecule has 0 spiro atoms. The van der Waals surface area contributed by atoms with Gasteiger partial charge < -0.3 is 95.2 Å². The molecule has 8 fully saturated rings. The first kappa shape index (κ1) is 52.6. The van der Waals surface area contributed by atoms with Gasteiger partial charge >= 0.3 is 0 Å². The lowest BCUT2D eigenvalue weighted by molar-refractivity contribution is -0.376. The summed E-state index contributed by atoms with van der Waals surface area (Å²) >= 11 is 0. The maximum atomic E-state index is 12.5. The molecule has 0 aromatic heterocycles. The molecular weight excluding hydrogens is 881 g/mol. The predicted molar refractivity (Wildman–Crippen MR) is 233 cm³/mol. The third kappa shape index (κ3) is 9.22. The van der Waals surface area contributed by atoms with Crippen LogP contribution >= 0.6 is 0 Å². The number of rotatable bonds is 13. The molecule has 0 amide bonds. The Morgan fingerprint density at radius 2 is 1.30 bits per heavy atom. The molecule has 2 heterocycles. The van der Waals surface area contributed by atoms with Crippen molar-refractivity contribution in [2.45, 2.75) is 208 Å². The smallest absolute Gasteiger partial charge is 0.187 e. The molecule has 6 aliphatic carbocycles. The molecule has 0 aromatic rings. The lowest BCUT2D eigenvalue weighted by atomic mass is 9.39. The van der Waals surface area contributed by atoms with Crippen LogP contribution in [0.1, 0.15) is 98.3 Å². The molecule has 0 aromatic carbocycles. The van der Waals surface area contributed by atoms with Crippen LogP contribution in [0, 0.1) is 64.1 Å². The molecule has 14 N–H and O–H groups in total. The summed E-state index contributed by atoms with van der Waals surface area (Å²) in [7, 11) is 0. The largest absolute Gasteiger partial charge is 0.396 e. The van der Waals surface area contributed by atoms with Gasteiger partial charge in [0, 0.05) is 24.5 Å². The molecule has 0 radical (unpaired) electrons. The summed E-state index contributed by atoms with van der Waals surface area (Å²) in [4.78, 5) is 0. The monoisotopic (exact) mass is 963 g/mol. The fourth-order valence-electron chi connectivity index (χ4n) is 15.6. The van der Waals surface area contributed by atoms with Gasteiger partial charge in [-0.1, -0.05) is 27.7 Å². The molecule has 67 heavy (non-hydrogen) atoms. The summed E-state index contributed by atoms with van der Waals surface area (Å²) in [5.41, 5.74) is -1.74. The first-order valence-electron chi connectivity index (χ1n) is 25.2. The zero-order valence-corrected chi connectivity index (χ0v) is 39.4. The minimum absolute atomic E-state index is 0.0252. The van der Waals surface area contributed by atoms with Crippen LogP contribution in [0.15, 0.2) is 0 Å². The maximum absolute atomic E-state index is 12.5. The van der Waals surface area contributed by atoms with Crippen LogP contribution < -0.4 is 0 Å². The van der Waals surface area contributed by atoms with Gasteiger partial charge in [0.25, 0.3) is 0 Å². The zero-order valence-electron chi connectivity index (χ0n) is 39.4. The highest BCUT2D eigenvalue weighted by atomic mass is 16.8. The fourth-order valence-corrected chi connectivity index (χ4v) is 15.6. The highest BCUT2D eigenvalue weighted by Gasteiger charge is 2.68. The van der Waals surface area contributed by atoms with Gasteiger partial charge in [0.2, 0.25) is 0 Å². The molecule has 19 nitrogen and oxygen atoms in total. The van der Waals surface area contributed by atoms with Crippen LogP contribution in [0.25, 0.3) is 0 Å². The Hall–Kier alpha value is -0.760. The van der Waals surface area contributed by atoms with Gasteiger partial charge in [0.15, 0.2) is 12.6 Å². The average molecular weight is 963 g/mol.